The van der Waals surface area contributed by atoms with E-state index in [9.17, 15) is 4.79 Å². The first kappa shape index (κ1) is 13.8. The Labute approximate surface area is 125 Å². The lowest BCUT2D eigenvalue weighted by atomic mass is 10.1. The molecule has 2 heterocycles. The van der Waals surface area contributed by atoms with Crippen LogP contribution >= 0.6 is 0 Å². The van der Waals surface area contributed by atoms with Gasteiger partial charge >= 0.3 is 0 Å². The molecule has 1 saturated heterocycles. The van der Waals surface area contributed by atoms with Gasteiger partial charge in [0.2, 0.25) is 0 Å². The summed E-state index contributed by atoms with van der Waals surface area (Å²) in [5.41, 5.74) is 1.97. The molecular formula is C17H18N3O. The number of pyridine rings is 1. The van der Waals surface area contributed by atoms with Gasteiger partial charge in [0.1, 0.15) is 0 Å². The molecule has 0 aliphatic carbocycles. The van der Waals surface area contributed by atoms with E-state index in [4.69, 9.17) is 0 Å². The first-order valence-electron chi connectivity index (χ1n) is 7.19. The van der Waals surface area contributed by atoms with E-state index in [1.807, 2.05) is 36.7 Å². The Kier molecular flexibility index (Phi) is 4.26. The van der Waals surface area contributed by atoms with E-state index in [0.29, 0.717) is 6.54 Å². The predicted octanol–water partition coefficient (Wildman–Crippen LogP) is 1.89. The van der Waals surface area contributed by atoms with E-state index in [2.05, 4.69) is 20.9 Å². The summed E-state index contributed by atoms with van der Waals surface area (Å²) in [5.74, 6) is 0.182. The number of benzene rings is 1. The van der Waals surface area contributed by atoms with Crippen LogP contribution < -0.4 is 4.90 Å². The molecule has 1 aromatic carbocycles. The zero-order chi connectivity index (χ0) is 14.5. The lowest BCUT2D eigenvalue weighted by Crippen LogP contribution is -2.48. The third kappa shape index (κ3) is 3.47. The summed E-state index contributed by atoms with van der Waals surface area (Å²) in [7, 11) is 0. The van der Waals surface area contributed by atoms with Crippen LogP contribution in [0.3, 0.4) is 0 Å². The quantitative estimate of drug-likeness (QED) is 0.801. The highest BCUT2D eigenvalue weighted by Crippen LogP contribution is 2.15. The van der Waals surface area contributed by atoms with Gasteiger partial charge in [-0.3, -0.25) is 14.7 Å². The Bertz CT molecular complexity index is 577. The van der Waals surface area contributed by atoms with Crippen molar-refractivity contribution in [2.75, 3.05) is 37.6 Å². The zero-order valence-corrected chi connectivity index (χ0v) is 11.9. The molecule has 0 spiro atoms. The van der Waals surface area contributed by atoms with Gasteiger partial charge < -0.3 is 4.90 Å². The molecule has 0 atom stereocenters. The summed E-state index contributed by atoms with van der Waals surface area (Å²) in [4.78, 5) is 20.8. The topological polar surface area (TPSA) is 36.4 Å². The molecule has 0 amide bonds. The maximum Gasteiger partial charge on any atom is 0.176 e. The van der Waals surface area contributed by atoms with Gasteiger partial charge in [0, 0.05) is 49.8 Å². The summed E-state index contributed by atoms with van der Waals surface area (Å²) in [6, 6.07) is 14.2. The van der Waals surface area contributed by atoms with Crippen molar-refractivity contribution in [1.29, 1.82) is 0 Å². The van der Waals surface area contributed by atoms with Crippen LogP contribution in [0, 0.1) is 6.07 Å². The van der Waals surface area contributed by atoms with Crippen molar-refractivity contribution >= 4 is 11.5 Å². The second-order valence-electron chi connectivity index (χ2n) is 5.18. The highest BCUT2D eigenvalue weighted by atomic mass is 16.1. The fraction of sp³-hybridized carbons (Fsp3) is 0.294. The number of hydrogen-bond donors (Lipinski definition) is 0. The van der Waals surface area contributed by atoms with Crippen LogP contribution in [-0.4, -0.2) is 48.4 Å². The van der Waals surface area contributed by atoms with E-state index >= 15 is 0 Å². The molecule has 2 aromatic rings. The summed E-state index contributed by atoms with van der Waals surface area (Å²) in [6.07, 6.45) is 3.63. The van der Waals surface area contributed by atoms with Crippen LogP contribution in [-0.2, 0) is 0 Å². The standard InChI is InChI=1S/C17H18N3O/c21-17(15-4-2-1-3-5-15)14-19-10-12-20(13-11-19)16-6-8-18-9-7-16/h2-9H,10-14H2. The van der Waals surface area contributed by atoms with Gasteiger partial charge in [0.25, 0.3) is 0 Å². The SMILES string of the molecule is O=C(CN1CCN(c2ccncc2)CC1)c1cc[c]cc1. The highest BCUT2D eigenvalue weighted by molar-refractivity contribution is 5.97. The Morgan fingerprint density at radius 1 is 1.05 bits per heavy atom. The van der Waals surface area contributed by atoms with E-state index in [0.717, 1.165) is 31.7 Å². The minimum Gasteiger partial charge on any atom is -0.369 e. The monoisotopic (exact) mass is 280 g/mol. The first-order chi connectivity index (χ1) is 10.3. The molecule has 3 rings (SSSR count). The number of hydrogen-bond acceptors (Lipinski definition) is 4. The van der Waals surface area contributed by atoms with Crippen LogP contribution in [0.2, 0.25) is 0 Å². The number of rotatable bonds is 4. The molecule has 1 aliphatic rings. The Morgan fingerprint density at radius 3 is 2.38 bits per heavy atom. The van der Waals surface area contributed by atoms with Crippen molar-refractivity contribution in [1.82, 2.24) is 9.88 Å². The van der Waals surface area contributed by atoms with E-state index in [-0.39, 0.29) is 5.78 Å². The van der Waals surface area contributed by atoms with Crippen LogP contribution in [0.4, 0.5) is 5.69 Å². The maximum atomic E-state index is 12.2. The number of piperazine rings is 1. The number of nitrogens with zero attached hydrogens (tertiary/aromatic N) is 3. The number of ketones is 1. The van der Waals surface area contributed by atoms with Gasteiger partial charge in [0.15, 0.2) is 5.78 Å². The zero-order valence-electron chi connectivity index (χ0n) is 11.9. The molecule has 0 bridgehead atoms. The summed E-state index contributed by atoms with van der Waals surface area (Å²) < 4.78 is 0. The highest BCUT2D eigenvalue weighted by Gasteiger charge is 2.19. The van der Waals surface area contributed by atoms with Crippen LogP contribution in [0.25, 0.3) is 0 Å². The van der Waals surface area contributed by atoms with Gasteiger partial charge in [-0.1, -0.05) is 24.3 Å². The van der Waals surface area contributed by atoms with Crippen molar-refractivity contribution in [2.45, 2.75) is 0 Å². The smallest absolute Gasteiger partial charge is 0.176 e. The normalized spacial score (nSPS) is 15.9. The minimum absolute atomic E-state index is 0.182. The number of carbonyl (C=O) groups excluding carboxylic acids is 1. The van der Waals surface area contributed by atoms with E-state index in [1.165, 1.54) is 5.69 Å². The molecule has 1 radical (unpaired) electrons. The van der Waals surface area contributed by atoms with Gasteiger partial charge in [-0.25, -0.2) is 0 Å². The average molecular weight is 280 g/mol. The summed E-state index contributed by atoms with van der Waals surface area (Å²) in [5, 5.41) is 0. The van der Waals surface area contributed by atoms with Crippen molar-refractivity contribution in [3.05, 3.63) is 60.4 Å². The maximum absolute atomic E-state index is 12.2. The molecule has 107 valence electrons. The Morgan fingerprint density at radius 2 is 1.71 bits per heavy atom. The fourth-order valence-electron chi connectivity index (χ4n) is 2.59. The van der Waals surface area contributed by atoms with Crippen molar-refractivity contribution < 1.29 is 4.79 Å². The summed E-state index contributed by atoms with van der Waals surface area (Å²) >= 11 is 0. The van der Waals surface area contributed by atoms with Gasteiger partial charge in [-0.15, -0.1) is 0 Å². The molecule has 4 heteroatoms. The molecule has 1 aliphatic heterocycles. The van der Waals surface area contributed by atoms with Crippen molar-refractivity contribution in [3.8, 4) is 0 Å². The first-order valence-corrected chi connectivity index (χ1v) is 7.19. The van der Waals surface area contributed by atoms with Crippen molar-refractivity contribution in [3.63, 3.8) is 0 Å². The second kappa shape index (κ2) is 6.50. The molecule has 4 nitrogen and oxygen atoms in total. The van der Waals surface area contributed by atoms with E-state index in [1.54, 1.807) is 12.1 Å². The molecule has 1 fully saturated rings. The van der Waals surface area contributed by atoms with Gasteiger partial charge in [0.05, 0.1) is 6.54 Å². The van der Waals surface area contributed by atoms with Gasteiger partial charge in [-0.05, 0) is 18.2 Å². The van der Waals surface area contributed by atoms with E-state index < -0.39 is 0 Å². The Balaban J connectivity index is 1.53. The largest absolute Gasteiger partial charge is 0.369 e. The molecule has 1 aromatic heterocycles. The number of Topliss-reactive ketones (excluding diaryl/α,β-unsaturated/α-hetero) is 1. The van der Waals surface area contributed by atoms with Gasteiger partial charge in [-0.2, -0.15) is 0 Å². The second-order valence-corrected chi connectivity index (χ2v) is 5.18. The van der Waals surface area contributed by atoms with Crippen LogP contribution in [0.1, 0.15) is 10.4 Å². The van der Waals surface area contributed by atoms with Crippen LogP contribution in [0.5, 0.6) is 0 Å². The molecule has 0 saturated carbocycles. The molecular weight excluding hydrogens is 262 g/mol. The molecule has 0 N–H and O–H groups in total. The molecule has 21 heavy (non-hydrogen) atoms. The lowest BCUT2D eigenvalue weighted by Gasteiger charge is -2.35. The average Bonchev–Trinajstić information content (AvgIpc) is 2.57. The van der Waals surface area contributed by atoms with Crippen LogP contribution in [0.15, 0.2) is 48.8 Å². The molecule has 0 unspecified atom stereocenters. The number of anilines is 1. The minimum atomic E-state index is 0.182. The predicted molar refractivity (Wildman–Crippen MR) is 82.5 cm³/mol. The lowest BCUT2D eigenvalue weighted by molar-refractivity contribution is 0.0926. The van der Waals surface area contributed by atoms with Crippen molar-refractivity contribution in [2.24, 2.45) is 0 Å². The Hall–Kier alpha value is -2.20. The fourth-order valence-corrected chi connectivity index (χ4v) is 2.59. The summed E-state index contributed by atoms with van der Waals surface area (Å²) in [6.45, 7) is 4.20. The third-order valence-corrected chi connectivity index (χ3v) is 3.81. The number of carbonyl (C=O) groups is 1. The third-order valence-electron chi connectivity index (χ3n) is 3.81. The number of aromatic nitrogens is 1.